The van der Waals surface area contributed by atoms with Crippen LogP contribution in [0.1, 0.15) is 126 Å². The van der Waals surface area contributed by atoms with Crippen molar-refractivity contribution >= 4 is 0 Å². The van der Waals surface area contributed by atoms with Gasteiger partial charge in [-0.05, 0) is 128 Å². The zero-order valence-corrected chi connectivity index (χ0v) is 39.4. The van der Waals surface area contributed by atoms with Gasteiger partial charge in [-0.15, -0.1) is 0 Å². The van der Waals surface area contributed by atoms with Gasteiger partial charge in [0.05, 0.1) is 11.1 Å². The van der Waals surface area contributed by atoms with Gasteiger partial charge in [-0.1, -0.05) is 183 Å². The SMILES string of the molecule is CCCCc1ccc2c(c1)-c1cc(CCCC)ccc1C21c2cc(-c3ccccn3)ccc2-c2ccc(-c3nc(-c4ccc(C(C)(C)C)cc4)nc(-c4ccc(C(C)(C)C)cc4)n3)cc21. The molecule has 1 spiro atoms. The van der Waals surface area contributed by atoms with Crippen molar-refractivity contribution < 1.29 is 0 Å². The molecule has 324 valence electrons. The minimum Gasteiger partial charge on any atom is -0.256 e. The number of aryl methyl sites for hydroxylation is 2. The molecule has 4 heteroatoms. The van der Waals surface area contributed by atoms with Crippen molar-refractivity contribution in [1.29, 1.82) is 0 Å². The third-order valence-electron chi connectivity index (χ3n) is 13.9. The number of benzene rings is 6. The molecule has 65 heavy (non-hydrogen) atoms. The summed E-state index contributed by atoms with van der Waals surface area (Å²) in [6.45, 7) is 18.1. The standard InChI is InChI=1S/C61H60N4/c1-9-11-15-39-18-32-51-49(35-39)50-36-40(16-12-10-2)19-33-52(50)61(51)53-37-43(55-17-13-14-34-62-55)24-30-47(53)48-31-25-44(38-54(48)61)58-64-56(41-20-26-45(27-21-41)59(3,4)5)63-57(65-58)42-22-28-46(29-23-42)60(6,7)8/h13-14,17-38H,9-12,15-16H2,1-8H3. The molecular formula is C61H60N4. The van der Waals surface area contributed by atoms with Crippen molar-refractivity contribution in [1.82, 2.24) is 19.9 Å². The van der Waals surface area contributed by atoms with Gasteiger partial charge in [0.1, 0.15) is 0 Å². The van der Waals surface area contributed by atoms with Crippen molar-refractivity contribution in [2.45, 2.75) is 110 Å². The van der Waals surface area contributed by atoms with Crippen LogP contribution in [0.3, 0.4) is 0 Å². The first-order valence-corrected chi connectivity index (χ1v) is 23.8. The third-order valence-corrected chi connectivity index (χ3v) is 13.9. The van der Waals surface area contributed by atoms with Crippen LogP contribution in [-0.2, 0) is 29.1 Å². The normalized spacial score (nSPS) is 13.4. The monoisotopic (exact) mass is 848 g/mol. The molecule has 2 aromatic heterocycles. The van der Waals surface area contributed by atoms with E-state index in [1.54, 1.807) is 0 Å². The van der Waals surface area contributed by atoms with Crippen LogP contribution < -0.4 is 0 Å². The minimum atomic E-state index is -0.563. The highest BCUT2D eigenvalue weighted by atomic mass is 15.0. The van der Waals surface area contributed by atoms with Crippen LogP contribution in [0.2, 0.25) is 0 Å². The molecule has 2 aliphatic rings. The van der Waals surface area contributed by atoms with Crippen molar-refractivity contribution in [2.75, 3.05) is 0 Å². The van der Waals surface area contributed by atoms with Gasteiger partial charge in [0.25, 0.3) is 0 Å². The van der Waals surface area contributed by atoms with Gasteiger partial charge in [0, 0.05) is 28.5 Å². The maximum absolute atomic E-state index is 5.33. The van der Waals surface area contributed by atoms with Gasteiger partial charge in [-0.3, -0.25) is 4.98 Å². The van der Waals surface area contributed by atoms with E-state index in [-0.39, 0.29) is 10.8 Å². The average Bonchev–Trinajstić information content (AvgIpc) is 3.77. The summed E-state index contributed by atoms with van der Waals surface area (Å²) in [6.07, 6.45) is 8.73. The minimum absolute atomic E-state index is 0.0324. The fourth-order valence-electron chi connectivity index (χ4n) is 10.2. The lowest BCUT2D eigenvalue weighted by molar-refractivity contribution is 0.590. The molecule has 8 aromatic rings. The number of aromatic nitrogens is 4. The lowest BCUT2D eigenvalue weighted by atomic mass is 9.70. The van der Waals surface area contributed by atoms with Crippen LogP contribution in [0.25, 0.3) is 67.7 Å². The Bertz CT molecular complexity index is 2920. The van der Waals surface area contributed by atoms with E-state index in [9.17, 15) is 0 Å². The first-order chi connectivity index (χ1) is 31.4. The predicted molar refractivity (Wildman–Crippen MR) is 270 cm³/mol. The number of unbranched alkanes of at least 4 members (excludes halogenated alkanes) is 2. The molecule has 6 aromatic carbocycles. The van der Waals surface area contributed by atoms with Crippen molar-refractivity contribution in [3.63, 3.8) is 0 Å². The van der Waals surface area contributed by atoms with E-state index in [2.05, 4.69) is 189 Å². The first-order valence-electron chi connectivity index (χ1n) is 23.8. The topological polar surface area (TPSA) is 51.6 Å². The highest BCUT2D eigenvalue weighted by Crippen LogP contribution is 2.63. The molecule has 0 saturated carbocycles. The van der Waals surface area contributed by atoms with Crippen LogP contribution in [-0.4, -0.2) is 19.9 Å². The molecule has 10 rings (SSSR count). The summed E-state index contributed by atoms with van der Waals surface area (Å²) in [5.74, 6) is 2.00. The highest BCUT2D eigenvalue weighted by molar-refractivity contribution is 5.97. The van der Waals surface area contributed by atoms with Gasteiger partial charge in [-0.25, -0.2) is 15.0 Å². The number of fused-ring (bicyclic) bond motifs is 10. The maximum atomic E-state index is 5.33. The number of nitrogens with zero attached hydrogens (tertiary/aromatic N) is 4. The molecule has 2 heterocycles. The number of hydrogen-bond acceptors (Lipinski definition) is 4. The smallest absolute Gasteiger partial charge is 0.164 e. The number of pyridine rings is 1. The third kappa shape index (κ3) is 7.51. The van der Waals surface area contributed by atoms with Gasteiger partial charge < -0.3 is 0 Å². The maximum Gasteiger partial charge on any atom is 0.164 e. The van der Waals surface area contributed by atoms with E-state index in [1.807, 2.05) is 12.3 Å². The fourth-order valence-corrected chi connectivity index (χ4v) is 10.2. The second-order valence-corrected chi connectivity index (χ2v) is 20.4. The van der Waals surface area contributed by atoms with Gasteiger partial charge >= 0.3 is 0 Å². The Balaban J connectivity index is 1.21. The average molecular weight is 849 g/mol. The van der Waals surface area contributed by atoms with E-state index in [1.165, 1.54) is 92.4 Å². The van der Waals surface area contributed by atoms with E-state index in [0.717, 1.165) is 40.8 Å². The van der Waals surface area contributed by atoms with E-state index in [4.69, 9.17) is 19.9 Å². The quantitative estimate of drug-likeness (QED) is 0.138. The molecule has 0 bridgehead atoms. The van der Waals surface area contributed by atoms with Crippen LogP contribution >= 0.6 is 0 Å². The Hall–Kier alpha value is -6.52. The molecule has 0 N–H and O–H groups in total. The Labute approximate surface area is 386 Å². The van der Waals surface area contributed by atoms with Crippen molar-refractivity contribution in [3.05, 3.63) is 190 Å². The summed E-state index contributed by atoms with van der Waals surface area (Å²) >= 11 is 0. The van der Waals surface area contributed by atoms with Crippen molar-refractivity contribution in [2.24, 2.45) is 0 Å². The van der Waals surface area contributed by atoms with E-state index in [0.29, 0.717) is 17.5 Å². The van der Waals surface area contributed by atoms with Crippen molar-refractivity contribution in [3.8, 4) is 67.7 Å². The molecule has 0 fully saturated rings. The molecule has 4 nitrogen and oxygen atoms in total. The molecule has 0 unspecified atom stereocenters. The molecule has 0 radical (unpaired) electrons. The second-order valence-electron chi connectivity index (χ2n) is 20.4. The number of hydrogen-bond donors (Lipinski definition) is 0. The predicted octanol–water partition coefficient (Wildman–Crippen LogP) is 15.6. The van der Waals surface area contributed by atoms with E-state index >= 15 is 0 Å². The second kappa shape index (κ2) is 16.5. The van der Waals surface area contributed by atoms with Crippen LogP contribution in [0.15, 0.2) is 146 Å². The Morgan fingerprint density at radius 3 is 1.31 bits per heavy atom. The largest absolute Gasteiger partial charge is 0.256 e. The molecule has 2 aliphatic carbocycles. The summed E-state index contributed by atoms with van der Waals surface area (Å²) in [5, 5.41) is 0. The fraction of sp³-hybridized carbons (Fsp3) is 0.279. The summed E-state index contributed by atoms with van der Waals surface area (Å²) in [5.41, 5.74) is 20.3. The summed E-state index contributed by atoms with van der Waals surface area (Å²) in [7, 11) is 0. The lowest BCUT2D eigenvalue weighted by Gasteiger charge is -2.31. The van der Waals surface area contributed by atoms with E-state index < -0.39 is 5.41 Å². The zero-order valence-electron chi connectivity index (χ0n) is 39.4. The summed E-state index contributed by atoms with van der Waals surface area (Å²) in [6, 6.07) is 52.3. The molecular weight excluding hydrogens is 789 g/mol. The lowest BCUT2D eigenvalue weighted by Crippen LogP contribution is -2.26. The molecule has 0 amide bonds. The molecule has 0 saturated heterocycles. The van der Waals surface area contributed by atoms with Gasteiger partial charge in [0.2, 0.25) is 0 Å². The highest BCUT2D eigenvalue weighted by Gasteiger charge is 2.52. The van der Waals surface area contributed by atoms with Crippen LogP contribution in [0, 0.1) is 0 Å². The van der Waals surface area contributed by atoms with Gasteiger partial charge in [-0.2, -0.15) is 0 Å². The van der Waals surface area contributed by atoms with Crippen LogP contribution in [0.5, 0.6) is 0 Å². The zero-order chi connectivity index (χ0) is 45.1. The Morgan fingerprint density at radius 2 is 0.862 bits per heavy atom. The molecule has 0 aliphatic heterocycles. The number of rotatable bonds is 10. The Kier molecular flexibility index (Phi) is 10.8. The summed E-state index contributed by atoms with van der Waals surface area (Å²) < 4.78 is 0. The molecule has 0 atom stereocenters. The first kappa shape index (κ1) is 42.4. The summed E-state index contributed by atoms with van der Waals surface area (Å²) in [4.78, 5) is 20.7. The van der Waals surface area contributed by atoms with Crippen LogP contribution in [0.4, 0.5) is 0 Å². The van der Waals surface area contributed by atoms with Gasteiger partial charge in [0.15, 0.2) is 17.5 Å². The Morgan fingerprint density at radius 1 is 0.415 bits per heavy atom.